The number of aromatic nitrogens is 2. The number of aryl methyl sites for hydroxylation is 1. The second-order valence-electron chi connectivity index (χ2n) is 16.5. The molecule has 1 N–H and O–H groups in total. The van der Waals surface area contributed by atoms with E-state index in [4.69, 9.17) is 5.10 Å². The van der Waals surface area contributed by atoms with Crippen molar-refractivity contribution in [3.63, 3.8) is 0 Å². The van der Waals surface area contributed by atoms with Crippen LogP contribution in [0.4, 0.5) is 4.39 Å². The van der Waals surface area contributed by atoms with Crippen LogP contribution in [0.3, 0.4) is 0 Å². The Bertz CT molecular complexity index is 1560. The van der Waals surface area contributed by atoms with Crippen LogP contribution in [0.5, 0.6) is 0 Å². The fourth-order valence-corrected chi connectivity index (χ4v) is 10.4. The smallest absolute Gasteiger partial charge is 0.307 e. The van der Waals surface area contributed by atoms with Gasteiger partial charge in [-0.3, -0.25) is 9.48 Å². The van der Waals surface area contributed by atoms with Crippen molar-refractivity contribution in [3.05, 3.63) is 88.5 Å². The molecule has 2 heterocycles. The van der Waals surface area contributed by atoms with Gasteiger partial charge in [-0.25, -0.2) is 4.39 Å². The molecule has 4 fully saturated rings. The van der Waals surface area contributed by atoms with Crippen molar-refractivity contribution in [1.29, 1.82) is 0 Å². The van der Waals surface area contributed by atoms with Crippen LogP contribution in [0, 0.1) is 41.3 Å². The van der Waals surface area contributed by atoms with Crippen LogP contribution in [0.15, 0.2) is 54.6 Å². The van der Waals surface area contributed by atoms with Crippen LogP contribution < -0.4 is 0 Å². The zero-order valence-corrected chi connectivity index (χ0v) is 32.5. The van der Waals surface area contributed by atoms with E-state index in [2.05, 4.69) is 66.8 Å². The maximum Gasteiger partial charge on any atom is 0.307 e. The average molecular weight is 741 g/mol. The van der Waals surface area contributed by atoms with E-state index < -0.39 is 5.97 Å². The Hall–Kier alpha value is -2.41. The van der Waals surface area contributed by atoms with E-state index in [0.29, 0.717) is 35.5 Å². The highest BCUT2D eigenvalue weighted by atomic mass is 35.5. The van der Waals surface area contributed by atoms with Crippen LogP contribution >= 0.6 is 24.8 Å². The molecule has 3 aliphatic carbocycles. The Balaban J connectivity index is 0.00000252. The minimum Gasteiger partial charge on any atom is -0.481 e. The molecule has 1 aromatic heterocycles. The van der Waals surface area contributed by atoms with Crippen molar-refractivity contribution in [1.82, 2.24) is 14.7 Å². The second-order valence-corrected chi connectivity index (χ2v) is 16.5. The quantitative estimate of drug-likeness (QED) is 0.190. The summed E-state index contributed by atoms with van der Waals surface area (Å²) in [5.74, 6) is 2.22. The summed E-state index contributed by atoms with van der Waals surface area (Å²) in [6, 6.07) is 18.5. The van der Waals surface area contributed by atoms with Gasteiger partial charge >= 0.3 is 5.97 Å². The number of carboxylic acid groups (broad SMARTS) is 1. The molecule has 5 nitrogen and oxygen atoms in total. The monoisotopic (exact) mass is 739 g/mol. The zero-order valence-electron chi connectivity index (χ0n) is 30.9. The van der Waals surface area contributed by atoms with Crippen molar-refractivity contribution in [2.45, 2.75) is 116 Å². The second kappa shape index (κ2) is 17.6. The SMILES string of the molecule is CCn1nc(Cc2ccc(C(C)C)cc2)cc1C1CCN(CC2CC(C(C(=O)O)C(C3CCCC3)C3CC3)CC2c2cccc(F)c2)CC1.Cl.Cl. The molecule has 7 rings (SSSR count). The normalized spacial score (nSPS) is 24.3. The number of carbonyl (C=O) groups is 1. The minimum atomic E-state index is -0.576. The largest absolute Gasteiger partial charge is 0.481 e. The number of benzene rings is 2. The van der Waals surface area contributed by atoms with Crippen LogP contribution in [-0.4, -0.2) is 45.4 Å². The topological polar surface area (TPSA) is 58.4 Å². The van der Waals surface area contributed by atoms with Gasteiger partial charge in [0.05, 0.1) is 11.6 Å². The molecule has 3 saturated carbocycles. The van der Waals surface area contributed by atoms with Crippen molar-refractivity contribution in [2.24, 2.45) is 35.5 Å². The molecule has 1 aliphatic heterocycles. The predicted molar refractivity (Wildman–Crippen MR) is 209 cm³/mol. The number of hydrogen-bond donors (Lipinski definition) is 1. The fourth-order valence-electron chi connectivity index (χ4n) is 10.4. The van der Waals surface area contributed by atoms with Crippen LogP contribution in [0.2, 0.25) is 0 Å². The van der Waals surface area contributed by atoms with Crippen molar-refractivity contribution < 1.29 is 14.3 Å². The first-order valence-electron chi connectivity index (χ1n) is 19.6. The molecule has 280 valence electrons. The first kappa shape index (κ1) is 39.8. The van der Waals surface area contributed by atoms with Gasteiger partial charge in [-0.1, -0.05) is 75.9 Å². The summed E-state index contributed by atoms with van der Waals surface area (Å²) in [7, 11) is 0. The number of aliphatic carboxylic acids is 1. The maximum atomic E-state index is 14.6. The van der Waals surface area contributed by atoms with Gasteiger partial charge in [-0.05, 0) is 135 Å². The van der Waals surface area contributed by atoms with Gasteiger partial charge in [-0.15, -0.1) is 24.8 Å². The van der Waals surface area contributed by atoms with E-state index in [-0.39, 0.29) is 48.4 Å². The lowest BCUT2D eigenvalue weighted by Gasteiger charge is -2.35. The van der Waals surface area contributed by atoms with E-state index in [9.17, 15) is 14.3 Å². The van der Waals surface area contributed by atoms with Gasteiger partial charge in [0.2, 0.25) is 0 Å². The van der Waals surface area contributed by atoms with E-state index in [1.807, 2.05) is 6.07 Å². The molecule has 1 saturated heterocycles. The van der Waals surface area contributed by atoms with Crippen LogP contribution in [-0.2, 0) is 17.8 Å². The first-order chi connectivity index (χ1) is 23.8. The van der Waals surface area contributed by atoms with E-state index in [1.165, 1.54) is 61.4 Å². The molecule has 0 radical (unpaired) electrons. The molecule has 3 aromatic rings. The van der Waals surface area contributed by atoms with Crippen molar-refractivity contribution >= 4 is 30.8 Å². The lowest BCUT2D eigenvalue weighted by Crippen LogP contribution is -2.38. The molecule has 0 amide bonds. The van der Waals surface area contributed by atoms with Crippen LogP contribution in [0.25, 0.3) is 0 Å². The molecule has 5 unspecified atom stereocenters. The Morgan fingerprint density at radius 2 is 1.59 bits per heavy atom. The summed E-state index contributed by atoms with van der Waals surface area (Å²) in [5, 5.41) is 15.8. The summed E-state index contributed by atoms with van der Waals surface area (Å²) < 4.78 is 16.8. The molecule has 0 spiro atoms. The van der Waals surface area contributed by atoms with Gasteiger partial charge in [-0.2, -0.15) is 5.10 Å². The Morgan fingerprint density at radius 3 is 2.20 bits per heavy atom. The van der Waals surface area contributed by atoms with Gasteiger partial charge in [0.1, 0.15) is 5.82 Å². The summed E-state index contributed by atoms with van der Waals surface area (Å²) in [6.45, 7) is 10.6. The molecule has 4 aliphatic rings. The molecular formula is C43H60Cl2FN3O2. The van der Waals surface area contributed by atoms with Gasteiger partial charge in [0.25, 0.3) is 0 Å². The summed E-state index contributed by atoms with van der Waals surface area (Å²) in [6.07, 6.45) is 12.2. The number of hydrogen-bond acceptors (Lipinski definition) is 3. The van der Waals surface area contributed by atoms with Gasteiger partial charge < -0.3 is 10.0 Å². The third kappa shape index (κ3) is 9.22. The van der Waals surface area contributed by atoms with Crippen molar-refractivity contribution in [3.8, 4) is 0 Å². The zero-order chi connectivity index (χ0) is 34.1. The lowest BCUT2D eigenvalue weighted by molar-refractivity contribution is -0.147. The minimum absolute atomic E-state index is 0. The third-order valence-corrected chi connectivity index (χ3v) is 13.0. The maximum absolute atomic E-state index is 14.6. The summed E-state index contributed by atoms with van der Waals surface area (Å²) >= 11 is 0. The van der Waals surface area contributed by atoms with E-state index in [0.717, 1.165) is 69.5 Å². The van der Waals surface area contributed by atoms with Gasteiger partial charge in [0.15, 0.2) is 0 Å². The fraction of sp³-hybridized carbons (Fsp3) is 0.628. The third-order valence-electron chi connectivity index (χ3n) is 13.0. The van der Waals surface area contributed by atoms with E-state index in [1.54, 1.807) is 6.07 Å². The number of halogens is 3. The number of nitrogens with zero attached hydrogens (tertiary/aromatic N) is 3. The summed E-state index contributed by atoms with van der Waals surface area (Å²) in [5.41, 5.74) is 6.28. The average Bonchev–Trinajstić information content (AvgIpc) is 3.42. The highest BCUT2D eigenvalue weighted by molar-refractivity contribution is 5.85. The predicted octanol–water partition coefficient (Wildman–Crippen LogP) is 10.5. The summed E-state index contributed by atoms with van der Waals surface area (Å²) in [4.78, 5) is 15.7. The molecule has 51 heavy (non-hydrogen) atoms. The number of piperidine rings is 1. The van der Waals surface area contributed by atoms with Crippen LogP contribution in [0.1, 0.15) is 131 Å². The highest BCUT2D eigenvalue weighted by Crippen LogP contribution is 2.55. The van der Waals surface area contributed by atoms with E-state index >= 15 is 0 Å². The molecule has 2 aromatic carbocycles. The van der Waals surface area contributed by atoms with Crippen molar-refractivity contribution in [2.75, 3.05) is 19.6 Å². The number of rotatable bonds is 13. The van der Waals surface area contributed by atoms with Gasteiger partial charge in [0, 0.05) is 31.1 Å². The molecule has 0 bridgehead atoms. The molecule has 5 atom stereocenters. The Kier molecular flexibility index (Phi) is 13.7. The number of carboxylic acids is 1. The first-order valence-corrected chi connectivity index (χ1v) is 19.6. The standard InChI is InChI=1S/C43H58FN3O2.2ClH/c1-4-47-40(26-38(45-47)22-29-12-14-30(15-13-29)28(2)3)31-18-20-46(21-19-31)27-36-23-35(25-39(36)34-10-7-11-37(44)24-34)42(43(48)49)41(33-16-17-33)32-8-5-6-9-32;;/h7,10-15,24,26,28,31-33,35-36,39,41-42H,4-6,8-9,16-23,25,27H2,1-3H3,(H,48,49);2*1H. The lowest BCUT2D eigenvalue weighted by atomic mass is 9.70. The Labute approximate surface area is 318 Å². The Morgan fingerprint density at radius 1 is 0.902 bits per heavy atom. The molecular weight excluding hydrogens is 680 g/mol. The molecule has 8 heteroatoms. The number of likely N-dealkylation sites (tertiary alicyclic amines) is 1. The highest BCUT2D eigenvalue weighted by Gasteiger charge is 2.51.